The molecule has 0 atom stereocenters. The number of nitrogens with zero attached hydrogens (tertiary/aromatic N) is 1. The summed E-state index contributed by atoms with van der Waals surface area (Å²) in [7, 11) is 0. The van der Waals surface area contributed by atoms with Gasteiger partial charge >= 0.3 is 0 Å². The monoisotopic (exact) mass is 375 g/mol. The maximum atomic E-state index is 12.6. The van der Waals surface area contributed by atoms with Crippen LogP contribution in [-0.4, -0.2) is 10.4 Å². The molecule has 0 bridgehead atoms. The second-order valence-corrected chi connectivity index (χ2v) is 7.33. The molecule has 0 aliphatic rings. The number of carbonyl (C=O) groups excluding carboxylic acids is 1. The van der Waals surface area contributed by atoms with E-state index in [-0.39, 0.29) is 5.78 Å². The zero-order valence-electron chi connectivity index (χ0n) is 16.1. The fourth-order valence-corrected chi connectivity index (χ4v) is 4.06. The molecular formula is C27H21NO. The lowest BCUT2D eigenvalue weighted by Gasteiger charge is -2.08. The average molecular weight is 375 g/mol. The van der Waals surface area contributed by atoms with Gasteiger partial charge in [-0.2, -0.15) is 0 Å². The Morgan fingerprint density at radius 3 is 1.72 bits per heavy atom. The predicted molar refractivity (Wildman–Crippen MR) is 119 cm³/mol. The van der Waals surface area contributed by atoms with Crippen molar-refractivity contribution in [1.82, 2.24) is 4.57 Å². The van der Waals surface area contributed by atoms with Crippen molar-refractivity contribution >= 4 is 27.6 Å². The highest BCUT2D eigenvalue weighted by molar-refractivity contribution is 6.09. The molecule has 2 nitrogen and oxygen atoms in total. The minimum absolute atomic E-state index is 0.0690. The van der Waals surface area contributed by atoms with Crippen molar-refractivity contribution in [3.05, 3.63) is 120 Å². The summed E-state index contributed by atoms with van der Waals surface area (Å²) in [5.74, 6) is 0.0690. The van der Waals surface area contributed by atoms with Gasteiger partial charge in [0.15, 0.2) is 5.78 Å². The predicted octanol–water partition coefficient (Wildman–Crippen LogP) is 6.27. The van der Waals surface area contributed by atoms with Gasteiger partial charge in [0.2, 0.25) is 0 Å². The molecule has 0 saturated heterocycles. The van der Waals surface area contributed by atoms with E-state index < -0.39 is 0 Å². The maximum absolute atomic E-state index is 12.6. The Morgan fingerprint density at radius 1 is 0.586 bits per heavy atom. The Labute approximate surface area is 170 Å². The van der Waals surface area contributed by atoms with Crippen LogP contribution in [0.1, 0.15) is 21.5 Å². The first-order valence-corrected chi connectivity index (χ1v) is 9.96. The van der Waals surface area contributed by atoms with Crippen LogP contribution in [0.2, 0.25) is 0 Å². The van der Waals surface area contributed by atoms with E-state index >= 15 is 0 Å². The summed E-state index contributed by atoms with van der Waals surface area (Å²) in [6.07, 6.45) is 0.919. The summed E-state index contributed by atoms with van der Waals surface area (Å²) in [4.78, 5) is 12.6. The molecule has 1 heterocycles. The van der Waals surface area contributed by atoms with E-state index in [0.717, 1.165) is 24.1 Å². The molecule has 0 aliphatic heterocycles. The SMILES string of the molecule is O=C(c1ccccc1)c1ccc(CCn2c3ccccc3c3ccccc32)cc1. The van der Waals surface area contributed by atoms with Crippen molar-refractivity contribution in [3.63, 3.8) is 0 Å². The number of ketones is 1. The first-order chi connectivity index (χ1) is 14.3. The lowest BCUT2D eigenvalue weighted by atomic mass is 10.0. The lowest BCUT2D eigenvalue weighted by molar-refractivity contribution is 0.103. The number of carbonyl (C=O) groups is 1. The van der Waals surface area contributed by atoms with Crippen LogP contribution in [0.5, 0.6) is 0 Å². The van der Waals surface area contributed by atoms with Crippen LogP contribution in [0.15, 0.2) is 103 Å². The second kappa shape index (κ2) is 7.40. The van der Waals surface area contributed by atoms with Crippen LogP contribution in [0.3, 0.4) is 0 Å². The Hall–Kier alpha value is -3.65. The summed E-state index contributed by atoms with van der Waals surface area (Å²) < 4.78 is 2.40. The number of para-hydroxylation sites is 2. The van der Waals surface area contributed by atoms with Crippen molar-refractivity contribution in [2.24, 2.45) is 0 Å². The third-order valence-corrected chi connectivity index (χ3v) is 5.56. The number of hydrogen-bond acceptors (Lipinski definition) is 1. The minimum Gasteiger partial charge on any atom is -0.340 e. The molecule has 0 spiro atoms. The second-order valence-electron chi connectivity index (χ2n) is 7.33. The Balaban J connectivity index is 1.40. The Kier molecular flexibility index (Phi) is 4.45. The third kappa shape index (κ3) is 3.23. The van der Waals surface area contributed by atoms with Crippen molar-refractivity contribution in [2.75, 3.05) is 0 Å². The van der Waals surface area contributed by atoms with Gasteiger partial charge < -0.3 is 4.57 Å². The highest BCUT2D eigenvalue weighted by atomic mass is 16.1. The summed E-state index contributed by atoms with van der Waals surface area (Å²) >= 11 is 0. The van der Waals surface area contributed by atoms with Gasteiger partial charge in [0.25, 0.3) is 0 Å². The van der Waals surface area contributed by atoms with E-state index in [4.69, 9.17) is 0 Å². The van der Waals surface area contributed by atoms with Gasteiger partial charge in [-0.1, -0.05) is 91.0 Å². The molecule has 29 heavy (non-hydrogen) atoms. The van der Waals surface area contributed by atoms with Gasteiger partial charge in [0.05, 0.1) is 0 Å². The molecule has 140 valence electrons. The number of benzene rings is 4. The topological polar surface area (TPSA) is 22.0 Å². The lowest BCUT2D eigenvalue weighted by Crippen LogP contribution is -2.03. The van der Waals surface area contributed by atoms with Crippen LogP contribution < -0.4 is 0 Å². The van der Waals surface area contributed by atoms with Crippen LogP contribution in [-0.2, 0) is 13.0 Å². The van der Waals surface area contributed by atoms with Crippen molar-refractivity contribution < 1.29 is 4.79 Å². The van der Waals surface area contributed by atoms with Gasteiger partial charge in [-0.15, -0.1) is 0 Å². The first-order valence-electron chi connectivity index (χ1n) is 9.96. The Morgan fingerprint density at radius 2 is 1.10 bits per heavy atom. The van der Waals surface area contributed by atoms with E-state index in [1.54, 1.807) is 0 Å². The van der Waals surface area contributed by atoms with Crippen LogP contribution in [0.25, 0.3) is 21.8 Å². The highest BCUT2D eigenvalue weighted by Crippen LogP contribution is 2.29. The van der Waals surface area contributed by atoms with Crippen LogP contribution in [0.4, 0.5) is 0 Å². The van der Waals surface area contributed by atoms with Crippen LogP contribution >= 0.6 is 0 Å². The summed E-state index contributed by atoms with van der Waals surface area (Å²) in [6.45, 7) is 0.903. The quantitative estimate of drug-likeness (QED) is 0.332. The normalized spacial score (nSPS) is 11.2. The average Bonchev–Trinajstić information content (AvgIpc) is 3.12. The van der Waals surface area contributed by atoms with Crippen molar-refractivity contribution in [1.29, 1.82) is 0 Å². The molecule has 0 saturated carbocycles. The van der Waals surface area contributed by atoms with E-state index in [0.29, 0.717) is 0 Å². The van der Waals surface area contributed by atoms with Gasteiger partial charge in [-0.25, -0.2) is 0 Å². The minimum atomic E-state index is 0.0690. The zero-order chi connectivity index (χ0) is 19.6. The molecule has 4 aromatic carbocycles. The largest absolute Gasteiger partial charge is 0.340 e. The molecule has 0 unspecified atom stereocenters. The number of rotatable bonds is 5. The van der Waals surface area contributed by atoms with E-state index in [1.165, 1.54) is 27.4 Å². The summed E-state index contributed by atoms with van der Waals surface area (Å²) in [6, 6.07) is 34.6. The molecule has 5 rings (SSSR count). The van der Waals surface area contributed by atoms with E-state index in [2.05, 4.69) is 65.2 Å². The molecule has 0 amide bonds. The smallest absolute Gasteiger partial charge is 0.193 e. The fourth-order valence-electron chi connectivity index (χ4n) is 4.06. The van der Waals surface area contributed by atoms with E-state index in [9.17, 15) is 4.79 Å². The Bertz CT molecular complexity index is 1240. The highest BCUT2D eigenvalue weighted by Gasteiger charge is 2.11. The zero-order valence-corrected chi connectivity index (χ0v) is 16.1. The number of fused-ring (bicyclic) bond motifs is 3. The number of aryl methyl sites for hydroxylation is 2. The van der Waals surface area contributed by atoms with Crippen LogP contribution in [0, 0.1) is 0 Å². The molecule has 0 N–H and O–H groups in total. The first kappa shape index (κ1) is 17.4. The fraction of sp³-hybridized carbons (Fsp3) is 0.0741. The maximum Gasteiger partial charge on any atom is 0.193 e. The molecular weight excluding hydrogens is 354 g/mol. The molecule has 5 aromatic rings. The molecule has 0 fully saturated rings. The number of hydrogen-bond donors (Lipinski definition) is 0. The van der Waals surface area contributed by atoms with Crippen molar-refractivity contribution in [2.45, 2.75) is 13.0 Å². The van der Waals surface area contributed by atoms with E-state index in [1.807, 2.05) is 42.5 Å². The summed E-state index contributed by atoms with van der Waals surface area (Å²) in [5, 5.41) is 2.60. The molecule has 0 radical (unpaired) electrons. The van der Waals surface area contributed by atoms with Crippen molar-refractivity contribution in [3.8, 4) is 0 Å². The molecule has 2 heteroatoms. The summed E-state index contributed by atoms with van der Waals surface area (Å²) in [5.41, 5.74) is 5.23. The third-order valence-electron chi connectivity index (χ3n) is 5.56. The van der Waals surface area contributed by atoms with Gasteiger partial charge in [0, 0.05) is 39.5 Å². The standard InChI is InChI=1S/C27H21NO/c29-27(21-8-2-1-3-9-21)22-16-14-20(15-17-22)18-19-28-25-12-6-4-10-23(25)24-11-5-7-13-26(24)28/h1-17H,18-19H2. The van der Waals surface area contributed by atoms with Gasteiger partial charge in [-0.05, 0) is 24.1 Å². The molecule has 1 aromatic heterocycles. The van der Waals surface area contributed by atoms with Gasteiger partial charge in [0.1, 0.15) is 0 Å². The molecule has 0 aliphatic carbocycles. The van der Waals surface area contributed by atoms with Gasteiger partial charge in [-0.3, -0.25) is 4.79 Å². The number of aromatic nitrogens is 1.